The Morgan fingerprint density at radius 1 is 1.16 bits per heavy atom. The molecule has 31 heavy (non-hydrogen) atoms. The molecule has 0 atom stereocenters. The second kappa shape index (κ2) is 9.05. The van der Waals surface area contributed by atoms with Crippen LogP contribution in [0, 0.1) is 0 Å². The van der Waals surface area contributed by atoms with Crippen LogP contribution >= 0.6 is 23.2 Å². The summed E-state index contributed by atoms with van der Waals surface area (Å²) in [7, 11) is 5.31. The number of rotatable bonds is 6. The van der Waals surface area contributed by atoms with Crippen LogP contribution in [0.5, 0.6) is 5.75 Å². The molecular formula is C21H21Cl2N7O. The van der Waals surface area contributed by atoms with Gasteiger partial charge in [-0.1, -0.05) is 23.2 Å². The number of pyridine rings is 1. The maximum Gasteiger partial charge on any atom is 0.160 e. The Bertz CT molecular complexity index is 1310. The molecule has 3 aromatic heterocycles. The standard InChI is InChI=1S/C21H21Cl2N7O/c1-24-8-9-30-18(28-20-14(22)4-6-17(31-3)19(20)23)7-5-15-21(30)27-16(11-25-15)13-10-26-29(2)12-13/h4-7,10-12,24H,8-9H2,1-3H3. The van der Waals surface area contributed by atoms with E-state index in [-0.39, 0.29) is 0 Å². The predicted octanol–water partition coefficient (Wildman–Crippen LogP) is 3.60. The van der Waals surface area contributed by atoms with Crippen molar-refractivity contribution in [3.8, 4) is 17.0 Å². The number of halogens is 2. The SMILES string of the molecule is CNCCn1c(=Nc2c(Cl)ccc(OC)c2Cl)ccc2ncc(-c3cnn(C)c3)nc21. The summed E-state index contributed by atoms with van der Waals surface area (Å²) in [6, 6.07) is 7.18. The van der Waals surface area contributed by atoms with Gasteiger partial charge in [-0.05, 0) is 31.3 Å². The van der Waals surface area contributed by atoms with E-state index in [9.17, 15) is 0 Å². The second-order valence-corrected chi connectivity index (χ2v) is 7.62. The summed E-state index contributed by atoms with van der Waals surface area (Å²) in [5.41, 5.74) is 4.17. The van der Waals surface area contributed by atoms with E-state index in [1.54, 1.807) is 36.3 Å². The van der Waals surface area contributed by atoms with Crippen LogP contribution in [0.3, 0.4) is 0 Å². The van der Waals surface area contributed by atoms with Crippen LogP contribution in [0.4, 0.5) is 5.69 Å². The molecular weight excluding hydrogens is 437 g/mol. The summed E-state index contributed by atoms with van der Waals surface area (Å²) < 4.78 is 9.03. The van der Waals surface area contributed by atoms with Crippen molar-refractivity contribution in [1.29, 1.82) is 0 Å². The summed E-state index contributed by atoms with van der Waals surface area (Å²) in [6.07, 6.45) is 5.41. The molecule has 0 spiro atoms. The number of hydrogen-bond acceptors (Lipinski definition) is 6. The maximum absolute atomic E-state index is 6.48. The largest absolute Gasteiger partial charge is 0.495 e. The Kier molecular flexibility index (Phi) is 6.22. The number of nitrogens with zero attached hydrogens (tertiary/aromatic N) is 6. The van der Waals surface area contributed by atoms with Crippen LogP contribution < -0.4 is 15.5 Å². The molecule has 0 saturated heterocycles. The zero-order valence-corrected chi connectivity index (χ0v) is 18.8. The molecule has 0 saturated carbocycles. The minimum Gasteiger partial charge on any atom is -0.495 e. The van der Waals surface area contributed by atoms with Gasteiger partial charge in [0.05, 0.1) is 30.2 Å². The Labute approximate surface area is 189 Å². The third-order valence-corrected chi connectivity index (χ3v) is 5.44. The zero-order chi connectivity index (χ0) is 22.0. The Morgan fingerprint density at radius 2 is 2.00 bits per heavy atom. The van der Waals surface area contributed by atoms with Crippen molar-refractivity contribution in [3.63, 3.8) is 0 Å². The lowest BCUT2D eigenvalue weighted by atomic mass is 10.2. The molecule has 0 bridgehead atoms. The van der Waals surface area contributed by atoms with Gasteiger partial charge in [-0.3, -0.25) is 9.67 Å². The van der Waals surface area contributed by atoms with Crippen molar-refractivity contribution in [1.82, 2.24) is 29.6 Å². The summed E-state index contributed by atoms with van der Waals surface area (Å²) in [5, 5.41) is 8.18. The maximum atomic E-state index is 6.48. The van der Waals surface area contributed by atoms with Gasteiger partial charge in [-0.25, -0.2) is 9.98 Å². The molecule has 0 aliphatic rings. The first-order chi connectivity index (χ1) is 15.0. The van der Waals surface area contributed by atoms with Crippen molar-refractivity contribution in [2.75, 3.05) is 20.7 Å². The number of fused-ring (bicyclic) bond motifs is 1. The molecule has 160 valence electrons. The number of aryl methyl sites for hydroxylation is 1. The summed E-state index contributed by atoms with van der Waals surface area (Å²) in [4.78, 5) is 14.2. The topological polar surface area (TPSA) is 82.1 Å². The van der Waals surface area contributed by atoms with Crippen molar-refractivity contribution in [2.24, 2.45) is 12.0 Å². The zero-order valence-electron chi connectivity index (χ0n) is 17.3. The van der Waals surface area contributed by atoms with E-state index in [1.807, 2.05) is 37.0 Å². The van der Waals surface area contributed by atoms with Gasteiger partial charge in [0.1, 0.15) is 27.5 Å². The van der Waals surface area contributed by atoms with Gasteiger partial charge in [0.25, 0.3) is 0 Å². The number of nitrogens with one attached hydrogen (secondary N) is 1. The van der Waals surface area contributed by atoms with Gasteiger partial charge in [0, 0.05) is 31.9 Å². The fourth-order valence-electron chi connectivity index (χ4n) is 3.19. The van der Waals surface area contributed by atoms with Crippen LogP contribution in [0.15, 0.2) is 47.8 Å². The Morgan fingerprint density at radius 3 is 2.71 bits per heavy atom. The molecule has 0 radical (unpaired) electrons. The molecule has 3 heterocycles. The van der Waals surface area contributed by atoms with Crippen molar-refractivity contribution in [2.45, 2.75) is 6.54 Å². The third-order valence-electron chi connectivity index (χ3n) is 4.77. The summed E-state index contributed by atoms with van der Waals surface area (Å²) in [5.74, 6) is 0.506. The lowest BCUT2D eigenvalue weighted by Gasteiger charge is -2.13. The first kappa shape index (κ1) is 21.3. The predicted molar refractivity (Wildman–Crippen MR) is 122 cm³/mol. The monoisotopic (exact) mass is 457 g/mol. The Balaban J connectivity index is 1.96. The van der Waals surface area contributed by atoms with Gasteiger partial charge >= 0.3 is 0 Å². The van der Waals surface area contributed by atoms with Crippen molar-refractivity contribution < 1.29 is 4.74 Å². The van der Waals surface area contributed by atoms with Crippen LogP contribution in [0.2, 0.25) is 10.0 Å². The van der Waals surface area contributed by atoms with Crippen LogP contribution in [0.1, 0.15) is 0 Å². The van der Waals surface area contributed by atoms with E-state index < -0.39 is 0 Å². The van der Waals surface area contributed by atoms with Crippen LogP contribution in [0.25, 0.3) is 22.4 Å². The highest BCUT2D eigenvalue weighted by Gasteiger charge is 2.13. The van der Waals surface area contributed by atoms with Gasteiger partial charge < -0.3 is 14.6 Å². The molecule has 4 aromatic rings. The van der Waals surface area contributed by atoms with Gasteiger partial charge in [0.2, 0.25) is 0 Å². The fraction of sp³-hybridized carbons (Fsp3) is 0.238. The van der Waals surface area contributed by atoms with E-state index >= 15 is 0 Å². The number of aromatic nitrogens is 5. The lowest BCUT2D eigenvalue weighted by molar-refractivity contribution is 0.415. The van der Waals surface area contributed by atoms with E-state index in [2.05, 4.69) is 15.4 Å². The second-order valence-electron chi connectivity index (χ2n) is 6.84. The summed E-state index contributed by atoms with van der Waals surface area (Å²) >= 11 is 12.9. The third kappa shape index (κ3) is 4.27. The molecule has 0 fully saturated rings. The van der Waals surface area contributed by atoms with Gasteiger partial charge in [-0.15, -0.1) is 0 Å². The van der Waals surface area contributed by atoms with Crippen molar-refractivity contribution in [3.05, 3.63) is 58.4 Å². The van der Waals surface area contributed by atoms with Crippen LogP contribution in [-0.2, 0) is 13.6 Å². The molecule has 8 nitrogen and oxygen atoms in total. The number of hydrogen-bond donors (Lipinski definition) is 1. The average molecular weight is 458 g/mol. The normalized spacial score (nSPS) is 12.0. The highest BCUT2D eigenvalue weighted by atomic mass is 35.5. The lowest BCUT2D eigenvalue weighted by Crippen LogP contribution is -2.27. The van der Waals surface area contributed by atoms with E-state index in [0.717, 1.165) is 16.8 Å². The molecule has 0 unspecified atom stereocenters. The van der Waals surface area contributed by atoms with Crippen molar-refractivity contribution >= 4 is 40.1 Å². The average Bonchev–Trinajstić information content (AvgIpc) is 3.21. The molecule has 1 aromatic carbocycles. The number of benzene rings is 1. The van der Waals surface area contributed by atoms with Gasteiger partial charge in [0.15, 0.2) is 5.65 Å². The van der Waals surface area contributed by atoms with E-state index in [4.69, 9.17) is 37.9 Å². The van der Waals surface area contributed by atoms with E-state index in [1.165, 1.54) is 0 Å². The van der Waals surface area contributed by atoms with Gasteiger partial charge in [-0.2, -0.15) is 5.10 Å². The molecule has 10 heteroatoms. The molecule has 0 amide bonds. The Hall–Kier alpha value is -2.94. The first-order valence-corrected chi connectivity index (χ1v) is 10.3. The summed E-state index contributed by atoms with van der Waals surface area (Å²) in [6.45, 7) is 1.34. The molecule has 0 aliphatic carbocycles. The molecule has 0 aliphatic heterocycles. The number of methoxy groups -OCH3 is 1. The minimum atomic E-state index is 0.352. The smallest absolute Gasteiger partial charge is 0.160 e. The quantitative estimate of drug-likeness (QED) is 0.478. The number of likely N-dealkylation sites (N-methyl/N-ethyl adjacent to an activating group) is 1. The molecule has 1 N–H and O–H groups in total. The minimum absolute atomic E-state index is 0.352. The van der Waals surface area contributed by atoms with E-state index in [0.29, 0.717) is 45.7 Å². The molecule has 4 rings (SSSR count). The first-order valence-electron chi connectivity index (χ1n) is 9.58. The van der Waals surface area contributed by atoms with Crippen LogP contribution in [-0.4, -0.2) is 45.0 Å². The highest BCUT2D eigenvalue weighted by molar-refractivity contribution is 6.39. The fourth-order valence-corrected chi connectivity index (χ4v) is 3.72. The number of ether oxygens (including phenoxy) is 1. The highest BCUT2D eigenvalue weighted by Crippen LogP contribution is 2.39.